The summed E-state index contributed by atoms with van der Waals surface area (Å²) < 4.78 is 10.9. The first kappa shape index (κ1) is 23.0. The highest BCUT2D eigenvalue weighted by molar-refractivity contribution is 5.95. The Kier molecular flexibility index (Phi) is 9.38. The highest BCUT2D eigenvalue weighted by Crippen LogP contribution is 2.29. The van der Waals surface area contributed by atoms with Gasteiger partial charge in [-0.15, -0.1) is 12.4 Å². The summed E-state index contributed by atoms with van der Waals surface area (Å²) >= 11 is 0. The molecule has 0 bridgehead atoms. The van der Waals surface area contributed by atoms with E-state index in [1.165, 1.54) is 7.11 Å². The molecule has 0 spiro atoms. The zero-order valence-corrected chi connectivity index (χ0v) is 17.0. The Balaban J connectivity index is 0.00000364. The SMILES string of the molecule is COc1cc(C(=O)N2CCCCC2CN)ccc1OCC(=O)NC(C)C.Cl. The number of carbonyl (C=O) groups is 2. The second-order valence-corrected chi connectivity index (χ2v) is 6.76. The minimum atomic E-state index is -0.207. The summed E-state index contributed by atoms with van der Waals surface area (Å²) in [6.07, 6.45) is 3.03. The van der Waals surface area contributed by atoms with Gasteiger partial charge in [0.1, 0.15) is 0 Å². The lowest BCUT2D eigenvalue weighted by molar-refractivity contribution is -0.123. The number of nitrogens with two attached hydrogens (primary N) is 1. The molecule has 0 aromatic heterocycles. The van der Waals surface area contributed by atoms with E-state index in [9.17, 15) is 9.59 Å². The molecule has 7 nitrogen and oxygen atoms in total. The van der Waals surface area contributed by atoms with Crippen LogP contribution in [-0.2, 0) is 4.79 Å². The summed E-state index contributed by atoms with van der Waals surface area (Å²) in [5.74, 6) is 0.593. The van der Waals surface area contributed by atoms with E-state index in [0.717, 1.165) is 25.8 Å². The van der Waals surface area contributed by atoms with E-state index >= 15 is 0 Å². The van der Waals surface area contributed by atoms with E-state index in [0.29, 0.717) is 23.6 Å². The number of methoxy groups -OCH3 is 1. The normalized spacial score (nSPS) is 16.5. The van der Waals surface area contributed by atoms with E-state index in [4.69, 9.17) is 15.2 Å². The van der Waals surface area contributed by atoms with Crippen LogP contribution in [0.4, 0.5) is 0 Å². The van der Waals surface area contributed by atoms with Gasteiger partial charge in [-0.25, -0.2) is 0 Å². The van der Waals surface area contributed by atoms with Crippen molar-refractivity contribution in [3.63, 3.8) is 0 Å². The Morgan fingerprint density at radius 3 is 2.67 bits per heavy atom. The van der Waals surface area contributed by atoms with Crippen LogP contribution in [0.2, 0.25) is 0 Å². The quantitative estimate of drug-likeness (QED) is 0.731. The fraction of sp³-hybridized carbons (Fsp3) is 0.579. The van der Waals surface area contributed by atoms with Crippen molar-refractivity contribution in [3.05, 3.63) is 23.8 Å². The van der Waals surface area contributed by atoms with Gasteiger partial charge in [0, 0.05) is 30.7 Å². The Morgan fingerprint density at radius 1 is 1.30 bits per heavy atom. The third-order valence-electron chi connectivity index (χ3n) is 4.38. The van der Waals surface area contributed by atoms with Gasteiger partial charge in [0.25, 0.3) is 11.8 Å². The zero-order chi connectivity index (χ0) is 19.1. The van der Waals surface area contributed by atoms with E-state index in [1.54, 1.807) is 18.2 Å². The van der Waals surface area contributed by atoms with Crippen LogP contribution in [0.25, 0.3) is 0 Å². The second-order valence-electron chi connectivity index (χ2n) is 6.76. The van der Waals surface area contributed by atoms with Crippen LogP contribution in [0.5, 0.6) is 11.5 Å². The fourth-order valence-corrected chi connectivity index (χ4v) is 3.11. The minimum Gasteiger partial charge on any atom is -0.493 e. The lowest BCUT2D eigenvalue weighted by Gasteiger charge is -2.35. The smallest absolute Gasteiger partial charge is 0.258 e. The molecule has 27 heavy (non-hydrogen) atoms. The standard InChI is InChI=1S/C19H29N3O4.ClH/c1-13(2)21-18(23)12-26-16-8-7-14(10-17(16)25-3)19(24)22-9-5-4-6-15(22)11-20;/h7-8,10,13,15H,4-6,9,11-12,20H2,1-3H3,(H,21,23);1H. The molecule has 1 heterocycles. The molecule has 1 aliphatic heterocycles. The van der Waals surface area contributed by atoms with E-state index in [-0.39, 0.29) is 42.9 Å². The molecule has 0 aliphatic carbocycles. The molecule has 0 saturated carbocycles. The van der Waals surface area contributed by atoms with Gasteiger partial charge in [-0.1, -0.05) is 0 Å². The van der Waals surface area contributed by atoms with Crippen molar-refractivity contribution < 1.29 is 19.1 Å². The average molecular weight is 400 g/mol. The number of benzene rings is 1. The van der Waals surface area contributed by atoms with Crippen LogP contribution in [0.1, 0.15) is 43.5 Å². The maximum absolute atomic E-state index is 12.8. The molecule has 0 radical (unpaired) electrons. The number of hydrogen-bond acceptors (Lipinski definition) is 5. The van der Waals surface area contributed by atoms with E-state index in [1.807, 2.05) is 18.7 Å². The van der Waals surface area contributed by atoms with Crippen LogP contribution in [0, 0.1) is 0 Å². The van der Waals surface area contributed by atoms with E-state index in [2.05, 4.69) is 5.32 Å². The molecular formula is C19H30ClN3O4. The van der Waals surface area contributed by atoms with Gasteiger partial charge in [0.05, 0.1) is 7.11 Å². The lowest BCUT2D eigenvalue weighted by Crippen LogP contribution is -2.47. The highest BCUT2D eigenvalue weighted by Gasteiger charge is 2.27. The maximum atomic E-state index is 12.8. The van der Waals surface area contributed by atoms with Crippen LogP contribution in [0.15, 0.2) is 18.2 Å². The van der Waals surface area contributed by atoms with Gasteiger partial charge >= 0.3 is 0 Å². The van der Waals surface area contributed by atoms with Crippen molar-refractivity contribution in [2.24, 2.45) is 5.73 Å². The number of ether oxygens (including phenoxy) is 2. The summed E-state index contributed by atoms with van der Waals surface area (Å²) in [4.78, 5) is 26.4. The molecule has 1 unspecified atom stereocenters. The Bertz CT molecular complexity index is 639. The van der Waals surface area contributed by atoms with Gasteiger partial charge in [-0.3, -0.25) is 9.59 Å². The Morgan fingerprint density at radius 2 is 2.04 bits per heavy atom. The monoisotopic (exact) mass is 399 g/mol. The van der Waals surface area contributed by atoms with Gasteiger partial charge < -0.3 is 25.4 Å². The molecule has 8 heteroatoms. The second kappa shape index (κ2) is 11.0. The number of nitrogens with one attached hydrogen (secondary N) is 1. The van der Waals surface area contributed by atoms with Crippen LogP contribution in [-0.4, -0.2) is 55.6 Å². The minimum absolute atomic E-state index is 0. The van der Waals surface area contributed by atoms with Crippen LogP contribution in [0.3, 0.4) is 0 Å². The Hall–Kier alpha value is -1.99. The molecule has 152 valence electrons. The van der Waals surface area contributed by atoms with Crippen molar-refractivity contribution in [2.45, 2.75) is 45.2 Å². The largest absolute Gasteiger partial charge is 0.493 e. The lowest BCUT2D eigenvalue weighted by atomic mass is 10.0. The van der Waals surface area contributed by atoms with Gasteiger partial charge in [-0.2, -0.15) is 0 Å². The van der Waals surface area contributed by atoms with Crippen molar-refractivity contribution in [2.75, 3.05) is 26.8 Å². The molecule has 1 fully saturated rings. The topological polar surface area (TPSA) is 93.9 Å². The number of carbonyl (C=O) groups excluding carboxylic acids is 2. The van der Waals surface area contributed by atoms with Gasteiger partial charge in [-0.05, 0) is 51.3 Å². The third-order valence-corrected chi connectivity index (χ3v) is 4.38. The van der Waals surface area contributed by atoms with Crippen LogP contribution >= 0.6 is 12.4 Å². The van der Waals surface area contributed by atoms with Crippen molar-refractivity contribution in [3.8, 4) is 11.5 Å². The van der Waals surface area contributed by atoms with Crippen molar-refractivity contribution in [1.82, 2.24) is 10.2 Å². The summed E-state index contributed by atoms with van der Waals surface area (Å²) in [7, 11) is 1.51. The molecule has 1 atom stereocenters. The Labute approximate surface area is 167 Å². The molecular weight excluding hydrogens is 370 g/mol. The average Bonchev–Trinajstić information content (AvgIpc) is 2.65. The maximum Gasteiger partial charge on any atom is 0.258 e. The molecule has 1 aromatic rings. The van der Waals surface area contributed by atoms with Gasteiger partial charge in [0.2, 0.25) is 0 Å². The molecule has 1 saturated heterocycles. The predicted octanol–water partition coefficient (Wildman–Crippen LogP) is 1.97. The van der Waals surface area contributed by atoms with E-state index < -0.39 is 0 Å². The van der Waals surface area contributed by atoms with Crippen molar-refractivity contribution in [1.29, 1.82) is 0 Å². The van der Waals surface area contributed by atoms with Crippen LogP contribution < -0.4 is 20.5 Å². The van der Waals surface area contributed by atoms with Crippen molar-refractivity contribution >= 4 is 24.2 Å². The number of likely N-dealkylation sites (tertiary alicyclic amines) is 1. The summed E-state index contributed by atoms with van der Waals surface area (Å²) in [5.41, 5.74) is 6.34. The molecule has 2 amide bonds. The van der Waals surface area contributed by atoms with Gasteiger partial charge in [0.15, 0.2) is 18.1 Å². The number of halogens is 1. The summed E-state index contributed by atoms with van der Waals surface area (Å²) in [6.45, 7) is 4.84. The number of amides is 2. The zero-order valence-electron chi connectivity index (χ0n) is 16.2. The predicted molar refractivity (Wildman–Crippen MR) is 107 cm³/mol. The summed E-state index contributed by atoms with van der Waals surface area (Å²) in [6, 6.07) is 5.14. The molecule has 1 aromatic carbocycles. The number of rotatable bonds is 7. The number of nitrogens with zero attached hydrogens (tertiary/aromatic N) is 1. The first-order chi connectivity index (χ1) is 12.5. The molecule has 3 N–H and O–H groups in total. The fourth-order valence-electron chi connectivity index (χ4n) is 3.11. The first-order valence-electron chi connectivity index (χ1n) is 9.07. The molecule has 1 aliphatic rings. The molecule has 2 rings (SSSR count). The highest BCUT2D eigenvalue weighted by atomic mass is 35.5. The number of hydrogen-bond donors (Lipinski definition) is 2. The third kappa shape index (κ3) is 6.29. The first-order valence-corrected chi connectivity index (χ1v) is 9.07. The number of piperidine rings is 1. The summed E-state index contributed by atoms with van der Waals surface area (Å²) in [5, 5.41) is 2.76.